The molecule has 0 fully saturated rings. The van der Waals surface area contributed by atoms with Crippen LogP contribution >= 0.6 is 11.8 Å². The molecule has 1 aromatic heterocycles. The molecular formula is C42H29BN2S. The van der Waals surface area contributed by atoms with Crippen LogP contribution in [-0.2, 0) is 0 Å². The van der Waals surface area contributed by atoms with E-state index in [-0.39, 0.29) is 12.8 Å². The molecule has 2 atom stereocenters. The van der Waals surface area contributed by atoms with Gasteiger partial charge in [0.15, 0.2) is 0 Å². The average molecular weight is 605 g/mol. The van der Waals surface area contributed by atoms with Gasteiger partial charge in [-0.15, -0.1) is 0 Å². The van der Waals surface area contributed by atoms with Gasteiger partial charge in [0.2, 0.25) is 6.71 Å². The minimum atomic E-state index is 0.165. The first kappa shape index (κ1) is 26.1. The largest absolute Gasteiger partial charge is 0.319 e. The number of hydrogen-bond donors (Lipinski definition) is 0. The third-order valence-corrected chi connectivity index (χ3v) is 11.2. The van der Waals surface area contributed by atoms with Gasteiger partial charge >= 0.3 is 0 Å². The lowest BCUT2D eigenvalue weighted by molar-refractivity contribution is 0.741. The van der Waals surface area contributed by atoms with E-state index in [0.29, 0.717) is 5.92 Å². The van der Waals surface area contributed by atoms with Crippen LogP contribution in [0.1, 0.15) is 11.5 Å². The Labute approximate surface area is 273 Å². The van der Waals surface area contributed by atoms with Crippen molar-refractivity contribution in [2.24, 2.45) is 0 Å². The Morgan fingerprint density at radius 1 is 0.543 bits per heavy atom. The zero-order chi connectivity index (χ0) is 30.2. The van der Waals surface area contributed by atoms with E-state index in [4.69, 9.17) is 0 Å². The summed E-state index contributed by atoms with van der Waals surface area (Å²) < 4.78 is 2.52. The summed E-state index contributed by atoms with van der Waals surface area (Å²) >= 11 is 1.90. The molecular weight excluding hydrogens is 575 g/mol. The Morgan fingerprint density at radius 3 is 2.20 bits per heavy atom. The maximum Gasteiger partial charge on any atom is 0.244 e. The van der Waals surface area contributed by atoms with Gasteiger partial charge in [0.1, 0.15) is 5.82 Å². The predicted molar refractivity (Wildman–Crippen MR) is 196 cm³/mol. The Kier molecular flexibility index (Phi) is 5.76. The van der Waals surface area contributed by atoms with Crippen molar-refractivity contribution < 1.29 is 0 Å². The average Bonchev–Trinajstić information content (AvgIpc) is 3.63. The highest BCUT2D eigenvalue weighted by Gasteiger charge is 2.42. The minimum Gasteiger partial charge on any atom is -0.319 e. The molecule has 0 saturated carbocycles. The van der Waals surface area contributed by atoms with Crippen LogP contribution in [-0.4, -0.2) is 17.3 Å². The van der Waals surface area contributed by atoms with E-state index >= 15 is 0 Å². The van der Waals surface area contributed by atoms with Gasteiger partial charge in [0.05, 0.1) is 11.6 Å². The van der Waals surface area contributed by atoms with Crippen molar-refractivity contribution in [3.8, 4) is 5.69 Å². The van der Waals surface area contributed by atoms with E-state index < -0.39 is 0 Å². The minimum absolute atomic E-state index is 0.165. The summed E-state index contributed by atoms with van der Waals surface area (Å²) in [6.45, 7) is 0.165. The third-order valence-electron chi connectivity index (χ3n) is 10.0. The fourth-order valence-electron chi connectivity index (χ4n) is 8.14. The first-order valence-electron chi connectivity index (χ1n) is 16.1. The summed E-state index contributed by atoms with van der Waals surface area (Å²) in [5.74, 6) is 1.56. The van der Waals surface area contributed by atoms with Crippen LogP contribution in [0.15, 0.2) is 174 Å². The molecule has 0 spiro atoms. The zero-order valence-electron chi connectivity index (χ0n) is 25.1. The highest BCUT2D eigenvalue weighted by atomic mass is 32.2. The van der Waals surface area contributed by atoms with Crippen LogP contribution in [0, 0.1) is 0 Å². The van der Waals surface area contributed by atoms with E-state index in [1.54, 1.807) is 0 Å². The van der Waals surface area contributed by atoms with E-state index in [9.17, 15) is 0 Å². The SMILES string of the molecule is C1=CC2c3c(n(-c4ccc5c(c4)Sc4ccccc4B5c4cccc5ccccc45)c4ccccc34)N(c3ccccc3)C2C=C1. The topological polar surface area (TPSA) is 8.17 Å². The molecule has 1 aliphatic carbocycles. The monoisotopic (exact) mass is 604 g/mol. The summed E-state index contributed by atoms with van der Waals surface area (Å²) in [6.07, 6.45) is 9.17. The van der Waals surface area contributed by atoms with Crippen molar-refractivity contribution in [1.82, 2.24) is 4.57 Å². The van der Waals surface area contributed by atoms with Gasteiger partial charge < -0.3 is 4.90 Å². The van der Waals surface area contributed by atoms with Crippen molar-refractivity contribution in [2.45, 2.75) is 21.8 Å². The lowest BCUT2D eigenvalue weighted by Crippen LogP contribution is -2.55. The molecule has 0 saturated heterocycles. The maximum absolute atomic E-state index is 2.56. The molecule has 7 aromatic rings. The van der Waals surface area contributed by atoms with Gasteiger partial charge in [-0.25, -0.2) is 0 Å². The van der Waals surface area contributed by atoms with Gasteiger partial charge in [0.25, 0.3) is 0 Å². The van der Waals surface area contributed by atoms with E-state index in [2.05, 4.69) is 173 Å². The summed E-state index contributed by atoms with van der Waals surface area (Å²) in [5.41, 5.74) is 9.21. The number of benzene rings is 6. The van der Waals surface area contributed by atoms with Crippen molar-refractivity contribution in [3.05, 3.63) is 169 Å². The van der Waals surface area contributed by atoms with E-state index in [0.717, 1.165) is 0 Å². The van der Waals surface area contributed by atoms with Crippen molar-refractivity contribution >= 4 is 68.0 Å². The second-order valence-electron chi connectivity index (χ2n) is 12.4. The Bertz CT molecular complexity index is 2380. The lowest BCUT2D eigenvalue weighted by Gasteiger charge is -2.31. The number of anilines is 2. The molecule has 6 aromatic carbocycles. The molecule has 0 radical (unpaired) electrons. The van der Waals surface area contributed by atoms with E-state index in [1.165, 1.54) is 70.6 Å². The first-order valence-corrected chi connectivity index (χ1v) is 16.9. The van der Waals surface area contributed by atoms with Gasteiger partial charge in [0, 0.05) is 38.0 Å². The van der Waals surface area contributed by atoms with Crippen LogP contribution in [0.4, 0.5) is 11.5 Å². The fourth-order valence-corrected chi connectivity index (χ4v) is 9.31. The summed E-state index contributed by atoms with van der Waals surface area (Å²) in [6, 6.07) is 51.8. The van der Waals surface area contributed by atoms with Gasteiger partial charge in [-0.3, -0.25) is 4.57 Å². The molecule has 216 valence electrons. The number of fused-ring (bicyclic) bond motifs is 8. The van der Waals surface area contributed by atoms with Crippen LogP contribution in [0.2, 0.25) is 0 Å². The van der Waals surface area contributed by atoms with Crippen molar-refractivity contribution in [1.29, 1.82) is 0 Å². The van der Waals surface area contributed by atoms with Crippen LogP contribution in [0.3, 0.4) is 0 Å². The number of hydrogen-bond acceptors (Lipinski definition) is 2. The predicted octanol–water partition coefficient (Wildman–Crippen LogP) is 8.49. The summed E-state index contributed by atoms with van der Waals surface area (Å²) in [5, 5.41) is 3.94. The molecule has 3 heterocycles. The number of nitrogens with zero attached hydrogens (tertiary/aromatic N) is 2. The van der Waals surface area contributed by atoms with Crippen molar-refractivity contribution in [2.75, 3.05) is 4.90 Å². The second-order valence-corrected chi connectivity index (χ2v) is 13.5. The van der Waals surface area contributed by atoms with Gasteiger partial charge in [-0.1, -0.05) is 156 Å². The maximum atomic E-state index is 2.56. The molecule has 0 bridgehead atoms. The molecule has 10 rings (SSSR count). The third kappa shape index (κ3) is 3.74. The second kappa shape index (κ2) is 10.2. The molecule has 2 aliphatic heterocycles. The van der Waals surface area contributed by atoms with Crippen LogP contribution < -0.4 is 21.3 Å². The molecule has 0 amide bonds. The normalized spacial score (nSPS) is 17.7. The smallest absolute Gasteiger partial charge is 0.244 e. The summed E-state index contributed by atoms with van der Waals surface area (Å²) in [7, 11) is 0. The van der Waals surface area contributed by atoms with Crippen LogP contribution in [0.5, 0.6) is 0 Å². The quantitative estimate of drug-likeness (QED) is 0.187. The molecule has 3 aliphatic rings. The Morgan fingerprint density at radius 2 is 1.26 bits per heavy atom. The summed E-state index contributed by atoms with van der Waals surface area (Å²) in [4.78, 5) is 5.21. The van der Waals surface area contributed by atoms with E-state index in [1.807, 2.05) is 11.8 Å². The number of aromatic nitrogens is 1. The first-order chi connectivity index (χ1) is 22.8. The van der Waals surface area contributed by atoms with Gasteiger partial charge in [-0.05, 0) is 47.2 Å². The number of allylic oxidation sites excluding steroid dienone is 2. The number of para-hydroxylation sites is 2. The van der Waals surface area contributed by atoms with Gasteiger partial charge in [-0.2, -0.15) is 0 Å². The molecule has 0 N–H and O–H groups in total. The fraction of sp³-hybridized carbons (Fsp3) is 0.0476. The molecule has 2 nitrogen and oxygen atoms in total. The standard InChI is InChI=1S/C42H29BN2S/c1-2-15-29(16-3-1)44-37-22-9-6-18-32(37)41-33-19-7-10-23-38(33)45(42(41)44)30-25-26-36-40(27-30)46-39-24-11-8-20-35(39)43(36)34-21-12-14-28-13-4-5-17-31(28)34/h1-27,32,37H. The molecule has 46 heavy (non-hydrogen) atoms. The zero-order valence-corrected chi connectivity index (χ0v) is 25.9. The lowest BCUT2D eigenvalue weighted by atomic mass is 9.36. The highest BCUT2D eigenvalue weighted by molar-refractivity contribution is 8.00. The molecule has 2 unspecified atom stereocenters. The number of rotatable bonds is 3. The Hall–Kier alpha value is -5.19. The Balaban J connectivity index is 1.21. The van der Waals surface area contributed by atoms with Crippen LogP contribution in [0.25, 0.3) is 27.4 Å². The van der Waals surface area contributed by atoms with Crippen molar-refractivity contribution in [3.63, 3.8) is 0 Å². The molecule has 4 heteroatoms. The highest BCUT2D eigenvalue weighted by Crippen LogP contribution is 2.53.